The third-order valence-electron chi connectivity index (χ3n) is 3.29. The van der Waals surface area contributed by atoms with Crippen LogP contribution < -0.4 is 10.1 Å². The fraction of sp³-hybridized carbons (Fsp3) is 0.538. The van der Waals surface area contributed by atoms with Gasteiger partial charge in [0.25, 0.3) is 0 Å². The summed E-state index contributed by atoms with van der Waals surface area (Å²) in [4.78, 5) is 2.26. The highest BCUT2D eigenvalue weighted by Crippen LogP contribution is 2.37. The van der Waals surface area contributed by atoms with E-state index in [1.165, 1.54) is 0 Å². The highest BCUT2D eigenvalue weighted by atomic mass is 35.5. The summed E-state index contributed by atoms with van der Waals surface area (Å²) in [5.41, 5.74) is 0.719. The third-order valence-corrected chi connectivity index (χ3v) is 3.86. The molecule has 7 heteroatoms. The molecule has 1 aliphatic heterocycles. The second-order valence-electron chi connectivity index (χ2n) is 4.87. The van der Waals surface area contributed by atoms with E-state index < -0.39 is 6.61 Å². The van der Waals surface area contributed by atoms with Gasteiger partial charge in [0.15, 0.2) is 5.75 Å². The number of likely N-dealkylation sites (tertiary alicyclic amines) is 1. The van der Waals surface area contributed by atoms with E-state index in [1.54, 1.807) is 12.1 Å². The molecule has 2 rings (SSSR count). The first kappa shape index (κ1) is 15.6. The minimum absolute atomic E-state index is 0.0771. The van der Waals surface area contributed by atoms with Crippen LogP contribution in [0.3, 0.4) is 0 Å². The van der Waals surface area contributed by atoms with Crippen molar-refractivity contribution in [3.05, 3.63) is 22.2 Å². The van der Waals surface area contributed by atoms with Crippen LogP contribution in [0.5, 0.6) is 5.75 Å². The third kappa shape index (κ3) is 4.11. The predicted molar refractivity (Wildman–Crippen MR) is 77.2 cm³/mol. The largest absolute Gasteiger partial charge is 0.432 e. The molecule has 0 saturated carbocycles. The maximum atomic E-state index is 12.2. The van der Waals surface area contributed by atoms with Crippen LogP contribution in [0.1, 0.15) is 12.8 Å². The minimum Gasteiger partial charge on any atom is -0.432 e. The zero-order valence-electron chi connectivity index (χ0n) is 11.0. The summed E-state index contributed by atoms with van der Waals surface area (Å²) in [6, 6.07) is 3.45. The number of nitrogens with zero attached hydrogens (tertiary/aromatic N) is 1. The van der Waals surface area contributed by atoms with Crippen molar-refractivity contribution in [2.75, 3.05) is 25.5 Å². The standard InChI is InChI=1S/C13H16Cl2F2N2O/c1-19-4-2-8(3-5-19)18-9-6-10(14)12(11(15)7-9)20-13(16)17/h6-8,13,18H,2-5H2,1H3. The summed E-state index contributed by atoms with van der Waals surface area (Å²) in [6.45, 7) is -0.907. The zero-order valence-corrected chi connectivity index (χ0v) is 12.5. The van der Waals surface area contributed by atoms with Crippen LogP contribution in [0.15, 0.2) is 12.1 Å². The van der Waals surface area contributed by atoms with Crippen molar-refractivity contribution in [3.63, 3.8) is 0 Å². The SMILES string of the molecule is CN1CCC(Nc2cc(Cl)c(OC(F)F)c(Cl)c2)CC1. The van der Waals surface area contributed by atoms with Crippen molar-refractivity contribution >= 4 is 28.9 Å². The molecule has 112 valence electrons. The first-order chi connectivity index (χ1) is 9.45. The molecule has 0 radical (unpaired) electrons. The lowest BCUT2D eigenvalue weighted by Crippen LogP contribution is -2.36. The number of piperidine rings is 1. The summed E-state index contributed by atoms with van der Waals surface area (Å²) in [6.07, 6.45) is 2.03. The molecule has 3 nitrogen and oxygen atoms in total. The maximum Gasteiger partial charge on any atom is 0.387 e. The Morgan fingerprint density at radius 3 is 2.30 bits per heavy atom. The predicted octanol–water partition coefficient (Wildman–Crippen LogP) is 4.10. The molecule has 0 amide bonds. The summed E-state index contributed by atoms with van der Waals surface area (Å²) in [7, 11) is 2.08. The van der Waals surface area contributed by atoms with Crippen molar-refractivity contribution in [1.29, 1.82) is 0 Å². The molecule has 0 aliphatic carbocycles. The van der Waals surface area contributed by atoms with Gasteiger partial charge < -0.3 is 15.0 Å². The Labute approximate surface area is 126 Å². The Balaban J connectivity index is 2.06. The normalized spacial score (nSPS) is 17.5. The molecule has 0 spiro atoms. The highest BCUT2D eigenvalue weighted by molar-refractivity contribution is 6.37. The van der Waals surface area contributed by atoms with Gasteiger partial charge in [-0.05, 0) is 45.1 Å². The number of benzene rings is 1. The van der Waals surface area contributed by atoms with Gasteiger partial charge in [0, 0.05) is 11.7 Å². The van der Waals surface area contributed by atoms with E-state index in [0.29, 0.717) is 6.04 Å². The number of hydrogen-bond acceptors (Lipinski definition) is 3. The average Bonchev–Trinajstić information content (AvgIpc) is 2.36. The molecule has 1 heterocycles. The van der Waals surface area contributed by atoms with Gasteiger partial charge in [0.1, 0.15) is 0 Å². The molecule has 1 aromatic rings. The number of nitrogens with one attached hydrogen (secondary N) is 1. The number of rotatable bonds is 4. The summed E-state index contributed by atoms with van der Waals surface area (Å²) in [5, 5.41) is 3.48. The van der Waals surface area contributed by atoms with E-state index in [1.807, 2.05) is 0 Å². The van der Waals surface area contributed by atoms with Crippen molar-refractivity contribution < 1.29 is 13.5 Å². The van der Waals surface area contributed by atoms with Crippen LogP contribution >= 0.6 is 23.2 Å². The fourth-order valence-electron chi connectivity index (χ4n) is 2.23. The molecular formula is C13H16Cl2F2N2O. The van der Waals surface area contributed by atoms with Gasteiger partial charge in [-0.2, -0.15) is 8.78 Å². The summed E-state index contributed by atoms with van der Waals surface area (Å²) < 4.78 is 28.8. The average molecular weight is 325 g/mol. The van der Waals surface area contributed by atoms with Gasteiger partial charge in [-0.3, -0.25) is 0 Å². The molecular weight excluding hydrogens is 309 g/mol. The van der Waals surface area contributed by atoms with Gasteiger partial charge in [-0.15, -0.1) is 0 Å². The van der Waals surface area contributed by atoms with Crippen LogP contribution in [0.25, 0.3) is 0 Å². The van der Waals surface area contributed by atoms with Crippen LogP contribution in [0, 0.1) is 0 Å². The summed E-state index contributed by atoms with van der Waals surface area (Å²) in [5.74, 6) is -0.183. The van der Waals surface area contributed by atoms with E-state index in [0.717, 1.165) is 31.6 Å². The lowest BCUT2D eigenvalue weighted by molar-refractivity contribution is -0.0497. The smallest absolute Gasteiger partial charge is 0.387 e. The Morgan fingerprint density at radius 2 is 1.80 bits per heavy atom. The number of anilines is 1. The van der Waals surface area contributed by atoms with Crippen molar-refractivity contribution in [2.45, 2.75) is 25.5 Å². The molecule has 1 aromatic carbocycles. The fourth-order valence-corrected chi connectivity index (χ4v) is 2.81. The van der Waals surface area contributed by atoms with Gasteiger partial charge in [-0.1, -0.05) is 23.2 Å². The lowest BCUT2D eigenvalue weighted by Gasteiger charge is -2.30. The van der Waals surface area contributed by atoms with Crippen LogP contribution in [0.4, 0.5) is 14.5 Å². The van der Waals surface area contributed by atoms with E-state index in [4.69, 9.17) is 23.2 Å². The molecule has 20 heavy (non-hydrogen) atoms. The molecule has 1 N–H and O–H groups in total. The zero-order chi connectivity index (χ0) is 14.7. The molecule has 0 aromatic heterocycles. The van der Waals surface area contributed by atoms with E-state index in [9.17, 15) is 8.78 Å². The summed E-state index contributed by atoms with van der Waals surface area (Å²) >= 11 is 11.9. The van der Waals surface area contributed by atoms with Crippen LogP contribution in [-0.4, -0.2) is 37.7 Å². The van der Waals surface area contributed by atoms with Gasteiger partial charge >= 0.3 is 6.61 Å². The van der Waals surface area contributed by atoms with Gasteiger partial charge in [0.05, 0.1) is 10.0 Å². The maximum absolute atomic E-state index is 12.2. The Hall–Kier alpha value is -0.780. The van der Waals surface area contributed by atoms with Gasteiger partial charge in [-0.25, -0.2) is 0 Å². The Bertz CT molecular complexity index is 443. The lowest BCUT2D eigenvalue weighted by atomic mass is 10.1. The molecule has 0 unspecified atom stereocenters. The second-order valence-corrected chi connectivity index (χ2v) is 5.68. The van der Waals surface area contributed by atoms with Crippen molar-refractivity contribution in [2.24, 2.45) is 0 Å². The molecule has 1 saturated heterocycles. The van der Waals surface area contributed by atoms with Gasteiger partial charge in [0.2, 0.25) is 0 Å². The molecule has 0 bridgehead atoms. The minimum atomic E-state index is -2.95. The Morgan fingerprint density at radius 1 is 1.25 bits per heavy atom. The van der Waals surface area contributed by atoms with E-state index in [-0.39, 0.29) is 15.8 Å². The topological polar surface area (TPSA) is 24.5 Å². The van der Waals surface area contributed by atoms with Crippen LogP contribution in [-0.2, 0) is 0 Å². The number of hydrogen-bond donors (Lipinski definition) is 1. The Kier molecular flexibility index (Phi) is 5.29. The van der Waals surface area contributed by atoms with Crippen LogP contribution in [0.2, 0.25) is 10.0 Å². The van der Waals surface area contributed by atoms with Crippen molar-refractivity contribution in [3.8, 4) is 5.75 Å². The number of ether oxygens (including phenoxy) is 1. The van der Waals surface area contributed by atoms with Crippen molar-refractivity contribution in [1.82, 2.24) is 4.90 Å². The molecule has 0 atom stereocenters. The highest BCUT2D eigenvalue weighted by Gasteiger charge is 2.18. The second kappa shape index (κ2) is 6.78. The molecule has 1 aliphatic rings. The number of alkyl halides is 2. The van der Waals surface area contributed by atoms with E-state index in [2.05, 4.69) is 22.0 Å². The van der Waals surface area contributed by atoms with E-state index >= 15 is 0 Å². The molecule has 1 fully saturated rings. The first-order valence-electron chi connectivity index (χ1n) is 6.34. The quantitative estimate of drug-likeness (QED) is 0.902. The first-order valence-corrected chi connectivity index (χ1v) is 7.10. The number of halogens is 4. The monoisotopic (exact) mass is 324 g/mol.